The number of furan rings is 2. The summed E-state index contributed by atoms with van der Waals surface area (Å²) < 4.78 is 14.3. The number of benzene rings is 7. The van der Waals surface area contributed by atoms with Gasteiger partial charge < -0.3 is 8.83 Å². The second-order valence-corrected chi connectivity index (χ2v) is 12.2. The monoisotopic (exact) mass is 566 g/mol. The average molecular weight is 567 g/mol. The van der Waals surface area contributed by atoms with Crippen molar-refractivity contribution < 1.29 is 8.83 Å². The third-order valence-corrected chi connectivity index (χ3v) is 9.85. The number of para-hydroxylation sites is 1. The van der Waals surface area contributed by atoms with E-state index in [4.69, 9.17) is 8.83 Å². The smallest absolute Gasteiger partial charge is 0.178 e. The summed E-state index contributed by atoms with van der Waals surface area (Å²) in [7, 11) is 0. The summed E-state index contributed by atoms with van der Waals surface area (Å²) in [6, 6.07) is 45.7. The quantitative estimate of drug-likeness (QED) is 0.195. The van der Waals surface area contributed by atoms with Gasteiger partial charge in [-0.05, 0) is 97.0 Å². The Hall–Kier alpha value is -5.38. The number of hydrogen-bond donors (Lipinski definition) is 0. The molecule has 3 heterocycles. The van der Waals surface area contributed by atoms with Gasteiger partial charge in [-0.3, -0.25) is 0 Å². The van der Waals surface area contributed by atoms with Crippen LogP contribution in [0.3, 0.4) is 0 Å². The van der Waals surface area contributed by atoms with Crippen LogP contribution in [0.5, 0.6) is 0 Å². The number of fused-ring (bicyclic) bond motifs is 10. The van der Waals surface area contributed by atoms with Crippen molar-refractivity contribution in [1.29, 1.82) is 0 Å². The van der Waals surface area contributed by atoms with E-state index in [0.717, 1.165) is 43.9 Å². The lowest BCUT2D eigenvalue weighted by atomic mass is 9.85. The fourth-order valence-corrected chi connectivity index (χ4v) is 7.90. The molecule has 0 amide bonds. The number of thiophene rings is 1. The van der Waals surface area contributed by atoms with E-state index in [1.807, 2.05) is 12.1 Å². The van der Waals surface area contributed by atoms with Gasteiger partial charge >= 0.3 is 0 Å². The van der Waals surface area contributed by atoms with Crippen LogP contribution in [-0.4, -0.2) is 0 Å². The molecule has 0 saturated carbocycles. The summed E-state index contributed by atoms with van der Waals surface area (Å²) in [4.78, 5) is 0. The zero-order valence-electron chi connectivity index (χ0n) is 22.9. The molecular weight excluding hydrogens is 545 g/mol. The summed E-state index contributed by atoms with van der Waals surface area (Å²) in [5, 5.41) is 12.8. The van der Waals surface area contributed by atoms with Gasteiger partial charge in [-0.25, -0.2) is 0 Å². The van der Waals surface area contributed by atoms with Crippen LogP contribution in [-0.2, 0) is 0 Å². The van der Waals surface area contributed by atoms with E-state index >= 15 is 0 Å². The lowest BCUT2D eigenvalue weighted by Gasteiger charge is -2.18. The van der Waals surface area contributed by atoms with Crippen molar-refractivity contribution in [2.24, 2.45) is 0 Å². The molecule has 0 N–H and O–H groups in total. The van der Waals surface area contributed by atoms with E-state index < -0.39 is 0 Å². The highest BCUT2D eigenvalue weighted by Gasteiger charge is 2.22. The number of rotatable bonds is 2. The Labute approximate surface area is 250 Å². The Morgan fingerprint density at radius 1 is 0.442 bits per heavy atom. The van der Waals surface area contributed by atoms with Crippen LogP contribution in [0.4, 0.5) is 0 Å². The van der Waals surface area contributed by atoms with Gasteiger partial charge in [-0.2, -0.15) is 0 Å². The van der Waals surface area contributed by atoms with Gasteiger partial charge in [0.25, 0.3) is 0 Å². The van der Waals surface area contributed by atoms with Crippen LogP contribution in [0.2, 0.25) is 0 Å². The third-order valence-electron chi connectivity index (χ3n) is 8.95. The second-order valence-electron chi connectivity index (χ2n) is 11.2. The van der Waals surface area contributed by atoms with Crippen LogP contribution in [0.25, 0.3) is 97.8 Å². The molecule has 3 heteroatoms. The Bertz CT molecular complexity index is 2680. The molecule has 2 nitrogen and oxygen atoms in total. The molecule has 0 aliphatic heterocycles. The van der Waals surface area contributed by atoms with Gasteiger partial charge in [-0.15, -0.1) is 11.3 Å². The van der Waals surface area contributed by atoms with Crippen molar-refractivity contribution in [3.05, 3.63) is 133 Å². The Morgan fingerprint density at radius 3 is 1.86 bits per heavy atom. The molecule has 0 bridgehead atoms. The summed E-state index contributed by atoms with van der Waals surface area (Å²) in [6.45, 7) is 0. The largest absolute Gasteiger partial charge is 0.452 e. The van der Waals surface area contributed by atoms with Crippen LogP contribution < -0.4 is 0 Å². The molecule has 3 aromatic heterocycles. The van der Waals surface area contributed by atoms with Crippen molar-refractivity contribution in [2.75, 3.05) is 0 Å². The highest BCUT2D eigenvalue weighted by atomic mass is 32.1. The summed E-state index contributed by atoms with van der Waals surface area (Å²) in [6.07, 6.45) is 0. The molecule has 0 aliphatic rings. The summed E-state index contributed by atoms with van der Waals surface area (Å²) in [5.41, 5.74) is 8.24. The van der Waals surface area contributed by atoms with Gasteiger partial charge in [-0.1, -0.05) is 84.9 Å². The molecule has 10 aromatic rings. The summed E-state index contributed by atoms with van der Waals surface area (Å²) in [5.74, 6) is 0. The normalized spacial score (nSPS) is 12.2. The minimum atomic E-state index is 0.797. The van der Waals surface area contributed by atoms with E-state index in [1.165, 1.54) is 53.9 Å². The van der Waals surface area contributed by atoms with E-state index in [2.05, 4.69) is 121 Å². The van der Waals surface area contributed by atoms with E-state index in [0.29, 0.717) is 0 Å². The molecule has 200 valence electrons. The molecule has 0 atom stereocenters. The van der Waals surface area contributed by atoms with Crippen LogP contribution in [0, 0.1) is 0 Å². The van der Waals surface area contributed by atoms with Crippen molar-refractivity contribution in [2.45, 2.75) is 0 Å². The predicted molar refractivity (Wildman–Crippen MR) is 182 cm³/mol. The molecule has 0 radical (unpaired) electrons. The van der Waals surface area contributed by atoms with E-state index in [-0.39, 0.29) is 0 Å². The fraction of sp³-hybridized carbons (Fsp3) is 0. The zero-order chi connectivity index (χ0) is 28.1. The Morgan fingerprint density at radius 2 is 1.07 bits per heavy atom. The fourth-order valence-electron chi connectivity index (χ4n) is 7.13. The molecule has 0 fully saturated rings. The van der Waals surface area contributed by atoms with Gasteiger partial charge in [0.15, 0.2) is 11.2 Å². The maximum Gasteiger partial charge on any atom is 0.178 e. The van der Waals surface area contributed by atoms with Crippen LogP contribution in [0.1, 0.15) is 0 Å². The van der Waals surface area contributed by atoms with Crippen LogP contribution >= 0.6 is 11.3 Å². The SMILES string of the molecule is c1ccc2c(c1)oc1c2ccc2c1oc1cccc(-c3c4ccccc4c(-c4ccc5sccc5c4)c4ccccc34)c12. The van der Waals surface area contributed by atoms with Crippen molar-refractivity contribution >= 4 is 86.8 Å². The van der Waals surface area contributed by atoms with E-state index in [9.17, 15) is 0 Å². The first-order chi connectivity index (χ1) is 21.3. The molecule has 0 aliphatic carbocycles. The predicted octanol–water partition coefficient (Wildman–Crippen LogP) is 12.3. The maximum absolute atomic E-state index is 6.62. The first-order valence-corrected chi connectivity index (χ1v) is 15.4. The standard InChI is InChI=1S/C40H22O2S/c1-3-11-28-26(9-1)36(24-16-19-35-23(22-24)20-21-43-35)27-10-2-4-12-29(27)37(28)31-13-7-15-34-38(31)32-18-17-30-25-8-5-6-14-33(25)41-39(30)40(32)42-34/h1-22H. The highest BCUT2D eigenvalue weighted by Crippen LogP contribution is 2.48. The lowest BCUT2D eigenvalue weighted by molar-refractivity contribution is 0.633. The minimum Gasteiger partial charge on any atom is -0.452 e. The second kappa shape index (κ2) is 8.57. The van der Waals surface area contributed by atoms with Crippen LogP contribution in [0.15, 0.2) is 142 Å². The third kappa shape index (κ3) is 3.17. The zero-order valence-corrected chi connectivity index (χ0v) is 23.7. The Kier molecular flexibility index (Phi) is 4.63. The first-order valence-electron chi connectivity index (χ1n) is 14.5. The maximum atomic E-state index is 6.62. The average Bonchev–Trinajstić information content (AvgIpc) is 3.78. The highest BCUT2D eigenvalue weighted by molar-refractivity contribution is 7.17. The van der Waals surface area contributed by atoms with E-state index in [1.54, 1.807) is 11.3 Å². The molecule has 0 spiro atoms. The number of hydrogen-bond acceptors (Lipinski definition) is 3. The molecule has 43 heavy (non-hydrogen) atoms. The van der Waals surface area contributed by atoms with Crippen molar-refractivity contribution in [3.63, 3.8) is 0 Å². The lowest BCUT2D eigenvalue weighted by Crippen LogP contribution is -1.91. The minimum absolute atomic E-state index is 0.797. The molecule has 0 unspecified atom stereocenters. The molecule has 10 rings (SSSR count). The van der Waals surface area contributed by atoms with Gasteiger partial charge in [0.05, 0.1) is 0 Å². The van der Waals surface area contributed by atoms with Gasteiger partial charge in [0.2, 0.25) is 0 Å². The molecular formula is C40H22O2S. The summed E-state index contributed by atoms with van der Waals surface area (Å²) >= 11 is 1.79. The molecule has 0 saturated heterocycles. The first kappa shape index (κ1) is 23.2. The van der Waals surface area contributed by atoms with Gasteiger partial charge in [0, 0.05) is 26.2 Å². The molecule has 7 aromatic carbocycles. The Balaban J connectivity index is 1.34. The van der Waals surface area contributed by atoms with Gasteiger partial charge in [0.1, 0.15) is 11.2 Å². The van der Waals surface area contributed by atoms with Crippen molar-refractivity contribution in [1.82, 2.24) is 0 Å². The topological polar surface area (TPSA) is 26.3 Å². The van der Waals surface area contributed by atoms with Crippen molar-refractivity contribution in [3.8, 4) is 22.3 Å².